The molecule has 0 saturated heterocycles. The van der Waals surface area contributed by atoms with Gasteiger partial charge in [-0.05, 0) is 25.7 Å². The van der Waals surface area contributed by atoms with E-state index in [0.29, 0.717) is 26.1 Å². The topological polar surface area (TPSA) is 92.5 Å². The van der Waals surface area contributed by atoms with Gasteiger partial charge in [-0.25, -0.2) is 12.7 Å². The van der Waals surface area contributed by atoms with Crippen LogP contribution in [0.15, 0.2) is 0 Å². The summed E-state index contributed by atoms with van der Waals surface area (Å²) in [6.45, 7) is 3.23. The number of hydrogen-bond acceptors (Lipinski definition) is 4. The Morgan fingerprint density at radius 2 is 2.05 bits per heavy atom. The van der Waals surface area contributed by atoms with Crippen LogP contribution in [0.2, 0.25) is 0 Å². The van der Waals surface area contributed by atoms with Gasteiger partial charge in [0.15, 0.2) is 0 Å². The maximum Gasteiger partial charge on any atom is 0.223 e. The van der Waals surface area contributed by atoms with E-state index in [2.05, 4.69) is 5.32 Å². The van der Waals surface area contributed by atoms with Crippen molar-refractivity contribution in [2.24, 2.45) is 11.7 Å². The van der Waals surface area contributed by atoms with Crippen molar-refractivity contribution in [3.63, 3.8) is 0 Å². The van der Waals surface area contributed by atoms with Gasteiger partial charge in [0, 0.05) is 31.6 Å². The molecular weight excluding hydrogens is 314 g/mol. The monoisotopic (exact) mass is 341 g/mol. The second-order valence-electron chi connectivity index (χ2n) is 5.52. The zero-order valence-electron chi connectivity index (χ0n) is 12.9. The van der Waals surface area contributed by atoms with Crippen LogP contribution in [0.25, 0.3) is 0 Å². The van der Waals surface area contributed by atoms with E-state index in [1.54, 1.807) is 0 Å². The highest BCUT2D eigenvalue weighted by atomic mass is 35.5. The van der Waals surface area contributed by atoms with E-state index in [0.717, 1.165) is 25.7 Å². The van der Waals surface area contributed by atoms with E-state index in [1.807, 2.05) is 6.92 Å². The molecule has 0 aromatic rings. The Bertz CT molecular complexity index is 417. The van der Waals surface area contributed by atoms with Crippen molar-refractivity contribution in [1.29, 1.82) is 0 Å². The summed E-state index contributed by atoms with van der Waals surface area (Å²) in [7, 11) is -3.14. The minimum Gasteiger partial charge on any atom is -0.356 e. The molecule has 21 heavy (non-hydrogen) atoms. The molecule has 0 bridgehead atoms. The molecule has 8 heteroatoms. The van der Waals surface area contributed by atoms with E-state index in [9.17, 15) is 13.2 Å². The molecule has 0 spiro atoms. The highest BCUT2D eigenvalue weighted by Gasteiger charge is 2.24. The molecule has 1 aliphatic rings. The predicted molar refractivity (Wildman–Crippen MR) is 86.9 cm³/mol. The fourth-order valence-electron chi connectivity index (χ4n) is 2.64. The van der Waals surface area contributed by atoms with E-state index < -0.39 is 10.0 Å². The lowest BCUT2D eigenvalue weighted by molar-refractivity contribution is -0.126. The summed E-state index contributed by atoms with van der Waals surface area (Å²) in [5.74, 6) is 0.0819. The highest BCUT2D eigenvalue weighted by molar-refractivity contribution is 7.88. The zero-order valence-corrected chi connectivity index (χ0v) is 14.5. The number of amides is 1. The van der Waals surface area contributed by atoms with Gasteiger partial charge in [0.2, 0.25) is 15.9 Å². The SMILES string of the molecule is CCN(CCCNC(=O)C1CCCC(N)C1)S(C)(=O)=O.Cl. The number of nitrogens with one attached hydrogen (secondary N) is 1. The normalized spacial score (nSPS) is 22.7. The molecule has 0 aromatic carbocycles. The van der Waals surface area contributed by atoms with E-state index >= 15 is 0 Å². The highest BCUT2D eigenvalue weighted by Crippen LogP contribution is 2.22. The number of hydrogen-bond donors (Lipinski definition) is 2. The molecule has 0 aliphatic heterocycles. The first-order chi connectivity index (χ1) is 9.34. The van der Waals surface area contributed by atoms with Crippen LogP contribution in [-0.4, -0.2) is 50.6 Å². The minimum atomic E-state index is -3.14. The summed E-state index contributed by atoms with van der Waals surface area (Å²) in [6, 6.07) is 0.139. The van der Waals surface area contributed by atoms with Crippen molar-refractivity contribution in [1.82, 2.24) is 9.62 Å². The lowest BCUT2D eigenvalue weighted by Gasteiger charge is -2.25. The number of rotatable bonds is 7. The molecule has 0 radical (unpaired) electrons. The fourth-order valence-corrected chi connectivity index (χ4v) is 3.57. The Kier molecular flexibility index (Phi) is 9.44. The Morgan fingerprint density at radius 3 is 2.57 bits per heavy atom. The Balaban J connectivity index is 0.00000400. The van der Waals surface area contributed by atoms with Crippen LogP contribution in [0, 0.1) is 5.92 Å². The molecule has 126 valence electrons. The van der Waals surface area contributed by atoms with Gasteiger partial charge in [-0.3, -0.25) is 4.79 Å². The minimum absolute atomic E-state index is 0. The second-order valence-corrected chi connectivity index (χ2v) is 7.51. The van der Waals surface area contributed by atoms with E-state index in [-0.39, 0.29) is 30.3 Å². The Labute approximate surface area is 134 Å². The first kappa shape index (κ1) is 20.6. The molecule has 1 amide bonds. The molecular formula is C13H28ClN3O3S. The lowest BCUT2D eigenvalue weighted by Crippen LogP contribution is -2.39. The van der Waals surface area contributed by atoms with Crippen LogP contribution in [0.3, 0.4) is 0 Å². The van der Waals surface area contributed by atoms with Crippen molar-refractivity contribution in [2.75, 3.05) is 25.9 Å². The molecule has 0 aromatic heterocycles. The van der Waals surface area contributed by atoms with Crippen molar-refractivity contribution >= 4 is 28.3 Å². The second kappa shape index (κ2) is 9.61. The number of nitrogens with two attached hydrogens (primary N) is 1. The van der Waals surface area contributed by atoms with E-state index in [4.69, 9.17) is 5.73 Å². The van der Waals surface area contributed by atoms with Crippen LogP contribution < -0.4 is 11.1 Å². The van der Waals surface area contributed by atoms with Crippen LogP contribution in [-0.2, 0) is 14.8 Å². The molecule has 3 N–H and O–H groups in total. The van der Waals surface area contributed by atoms with Gasteiger partial charge in [0.05, 0.1) is 6.26 Å². The number of carbonyl (C=O) groups excluding carboxylic acids is 1. The summed E-state index contributed by atoms with van der Waals surface area (Å²) in [6.07, 6.45) is 5.52. The summed E-state index contributed by atoms with van der Waals surface area (Å²) in [5.41, 5.74) is 5.87. The van der Waals surface area contributed by atoms with Crippen molar-refractivity contribution in [2.45, 2.75) is 45.1 Å². The van der Waals surface area contributed by atoms with Gasteiger partial charge < -0.3 is 11.1 Å². The van der Waals surface area contributed by atoms with Crippen LogP contribution >= 0.6 is 12.4 Å². The summed E-state index contributed by atoms with van der Waals surface area (Å²) in [4.78, 5) is 12.0. The summed E-state index contributed by atoms with van der Waals surface area (Å²) >= 11 is 0. The molecule has 6 nitrogen and oxygen atoms in total. The molecule has 1 saturated carbocycles. The van der Waals surface area contributed by atoms with Crippen molar-refractivity contribution < 1.29 is 13.2 Å². The van der Waals surface area contributed by atoms with Crippen LogP contribution in [0.1, 0.15) is 39.0 Å². The maximum absolute atomic E-state index is 12.0. The number of nitrogens with zero attached hydrogens (tertiary/aromatic N) is 1. The molecule has 1 aliphatic carbocycles. The largest absolute Gasteiger partial charge is 0.356 e. The standard InChI is InChI=1S/C13H27N3O3S.ClH/c1-3-16(20(2,18)19)9-5-8-15-13(17)11-6-4-7-12(14)10-11;/h11-12H,3-10,14H2,1-2H3,(H,15,17);1H. The zero-order chi connectivity index (χ0) is 15.2. The summed E-state index contributed by atoms with van der Waals surface area (Å²) in [5, 5.41) is 2.89. The molecule has 2 atom stereocenters. The quantitative estimate of drug-likeness (QED) is 0.667. The third-order valence-corrected chi connectivity index (χ3v) is 5.17. The van der Waals surface area contributed by atoms with Gasteiger partial charge in [-0.2, -0.15) is 0 Å². The van der Waals surface area contributed by atoms with Crippen molar-refractivity contribution in [3.8, 4) is 0 Å². The van der Waals surface area contributed by atoms with Gasteiger partial charge in [0.25, 0.3) is 0 Å². The predicted octanol–water partition coefficient (Wildman–Crippen LogP) is 0.714. The number of sulfonamides is 1. The smallest absolute Gasteiger partial charge is 0.223 e. The average molecular weight is 342 g/mol. The first-order valence-electron chi connectivity index (χ1n) is 7.33. The fraction of sp³-hybridized carbons (Fsp3) is 0.923. The molecule has 1 rings (SSSR count). The van der Waals surface area contributed by atoms with Gasteiger partial charge in [-0.1, -0.05) is 13.3 Å². The lowest BCUT2D eigenvalue weighted by atomic mass is 9.85. The molecule has 1 fully saturated rings. The van der Waals surface area contributed by atoms with Crippen LogP contribution in [0.5, 0.6) is 0 Å². The van der Waals surface area contributed by atoms with Gasteiger partial charge >= 0.3 is 0 Å². The van der Waals surface area contributed by atoms with Crippen molar-refractivity contribution in [3.05, 3.63) is 0 Å². The Morgan fingerprint density at radius 1 is 1.38 bits per heavy atom. The first-order valence-corrected chi connectivity index (χ1v) is 9.17. The molecule has 2 unspecified atom stereocenters. The third-order valence-electron chi connectivity index (χ3n) is 3.79. The van der Waals surface area contributed by atoms with Gasteiger partial charge in [0.1, 0.15) is 0 Å². The maximum atomic E-state index is 12.0. The Hall–Kier alpha value is -0.370. The summed E-state index contributed by atoms with van der Waals surface area (Å²) < 4.78 is 24.2. The third kappa shape index (κ3) is 7.44. The van der Waals surface area contributed by atoms with Gasteiger partial charge in [-0.15, -0.1) is 12.4 Å². The average Bonchev–Trinajstić information content (AvgIpc) is 2.37. The van der Waals surface area contributed by atoms with Crippen LogP contribution in [0.4, 0.5) is 0 Å². The number of halogens is 1. The molecule has 0 heterocycles. The van der Waals surface area contributed by atoms with E-state index in [1.165, 1.54) is 10.6 Å². The number of carbonyl (C=O) groups is 1.